The van der Waals surface area contributed by atoms with E-state index < -0.39 is 11.8 Å². The Morgan fingerprint density at radius 1 is 1.12 bits per heavy atom. The molecule has 6 nitrogen and oxygen atoms in total. The topological polar surface area (TPSA) is 82.6 Å². The molecule has 136 valence electrons. The zero-order valence-corrected chi connectivity index (χ0v) is 15.8. The Labute approximate surface area is 159 Å². The third kappa shape index (κ3) is 5.96. The average Bonchev–Trinajstić information content (AvgIpc) is 2.58. The van der Waals surface area contributed by atoms with Gasteiger partial charge in [-0.25, -0.2) is 9.82 Å². The van der Waals surface area contributed by atoms with Crippen molar-refractivity contribution in [3.63, 3.8) is 0 Å². The third-order valence-corrected chi connectivity index (χ3v) is 3.63. The van der Waals surface area contributed by atoms with Crippen molar-refractivity contribution in [2.45, 2.75) is 19.9 Å². The largest absolute Gasteiger partial charge is 0.355 e. The first-order chi connectivity index (χ1) is 12.3. The summed E-state index contributed by atoms with van der Waals surface area (Å²) in [5, 5.41) is 9.44. The molecule has 0 unspecified atom stereocenters. The van der Waals surface area contributed by atoms with Crippen LogP contribution in [-0.4, -0.2) is 24.1 Å². The molecule has 0 aromatic heterocycles. The maximum Gasteiger partial charge on any atom is 0.329 e. The van der Waals surface area contributed by atoms with Crippen LogP contribution in [0.5, 0.6) is 0 Å². The first kappa shape index (κ1) is 19.6. The number of nitrogens with one attached hydrogen (secondary N) is 3. The van der Waals surface area contributed by atoms with Gasteiger partial charge in [0.05, 0.1) is 6.21 Å². The molecule has 2 aromatic carbocycles. The summed E-state index contributed by atoms with van der Waals surface area (Å²) in [6.45, 7) is 3.51. The third-order valence-electron chi connectivity index (χ3n) is 3.13. The van der Waals surface area contributed by atoms with Crippen molar-refractivity contribution in [2.24, 2.45) is 5.10 Å². The van der Waals surface area contributed by atoms with Crippen LogP contribution in [0.25, 0.3) is 0 Å². The molecule has 0 aliphatic heterocycles. The van der Waals surface area contributed by atoms with Crippen molar-refractivity contribution >= 4 is 45.3 Å². The van der Waals surface area contributed by atoms with Gasteiger partial charge in [0.1, 0.15) is 5.82 Å². The highest BCUT2D eigenvalue weighted by Crippen LogP contribution is 2.23. The van der Waals surface area contributed by atoms with Gasteiger partial charge in [-0.1, -0.05) is 15.9 Å². The molecular weight excluding hydrogens is 403 g/mol. The van der Waals surface area contributed by atoms with Crippen LogP contribution in [0.3, 0.4) is 0 Å². The fourth-order valence-electron chi connectivity index (χ4n) is 1.98. The highest BCUT2D eigenvalue weighted by atomic mass is 79.9. The lowest BCUT2D eigenvalue weighted by atomic mass is 10.2. The van der Waals surface area contributed by atoms with Crippen LogP contribution in [-0.2, 0) is 9.59 Å². The number of hydrazone groups is 1. The van der Waals surface area contributed by atoms with Crippen molar-refractivity contribution in [1.82, 2.24) is 10.7 Å². The quantitative estimate of drug-likeness (QED) is 0.394. The molecule has 0 atom stereocenters. The first-order valence-electron chi connectivity index (χ1n) is 7.81. The highest BCUT2D eigenvalue weighted by molar-refractivity contribution is 9.10. The number of carbonyl (C=O) groups excluding carboxylic acids is 2. The molecule has 0 saturated carbocycles. The molecule has 3 N–H and O–H groups in total. The van der Waals surface area contributed by atoms with Gasteiger partial charge < -0.3 is 10.6 Å². The smallest absolute Gasteiger partial charge is 0.329 e. The second-order valence-electron chi connectivity index (χ2n) is 5.69. The van der Waals surface area contributed by atoms with E-state index in [0.29, 0.717) is 16.9 Å². The van der Waals surface area contributed by atoms with E-state index in [9.17, 15) is 14.0 Å². The monoisotopic (exact) mass is 420 g/mol. The van der Waals surface area contributed by atoms with Gasteiger partial charge in [0.2, 0.25) is 0 Å². The van der Waals surface area contributed by atoms with Gasteiger partial charge in [-0.2, -0.15) is 5.10 Å². The van der Waals surface area contributed by atoms with Crippen LogP contribution in [0.2, 0.25) is 0 Å². The lowest BCUT2D eigenvalue weighted by Gasteiger charge is -2.10. The number of hydrogen-bond donors (Lipinski definition) is 3. The predicted octanol–water partition coefficient (Wildman–Crippen LogP) is 3.31. The van der Waals surface area contributed by atoms with Crippen molar-refractivity contribution in [3.8, 4) is 0 Å². The summed E-state index contributed by atoms with van der Waals surface area (Å²) in [6.07, 6.45) is 1.41. The molecule has 0 radical (unpaired) electrons. The van der Waals surface area contributed by atoms with Crippen molar-refractivity contribution in [2.75, 3.05) is 5.32 Å². The predicted molar refractivity (Wildman–Crippen MR) is 103 cm³/mol. The van der Waals surface area contributed by atoms with E-state index in [1.165, 1.54) is 18.3 Å². The number of amides is 2. The maximum atomic E-state index is 13.0. The maximum absolute atomic E-state index is 13.0. The fraction of sp³-hybridized carbons (Fsp3) is 0.167. The minimum Gasteiger partial charge on any atom is -0.355 e. The highest BCUT2D eigenvalue weighted by Gasteiger charge is 2.13. The molecule has 2 aromatic rings. The van der Waals surface area contributed by atoms with Gasteiger partial charge >= 0.3 is 11.8 Å². The van der Waals surface area contributed by atoms with Crippen molar-refractivity contribution in [3.05, 3.63) is 58.3 Å². The number of benzene rings is 2. The lowest BCUT2D eigenvalue weighted by Crippen LogP contribution is -2.41. The zero-order valence-electron chi connectivity index (χ0n) is 14.2. The Morgan fingerprint density at radius 2 is 1.81 bits per heavy atom. The lowest BCUT2D eigenvalue weighted by molar-refractivity contribution is -0.139. The molecule has 0 saturated heterocycles. The number of nitrogens with zero attached hydrogens (tertiary/aromatic N) is 1. The number of rotatable bonds is 5. The molecule has 2 amide bonds. The Bertz CT molecular complexity index is 822. The summed E-state index contributed by atoms with van der Waals surface area (Å²) in [5.74, 6) is -1.93. The minimum absolute atomic E-state index is 0.145. The van der Waals surface area contributed by atoms with Crippen LogP contribution in [0.1, 0.15) is 19.4 Å². The molecule has 0 aliphatic rings. The summed E-state index contributed by atoms with van der Waals surface area (Å²) in [4.78, 5) is 23.2. The molecule has 0 aliphatic carbocycles. The van der Waals surface area contributed by atoms with Crippen molar-refractivity contribution in [1.29, 1.82) is 0 Å². The number of anilines is 2. The molecule has 0 heterocycles. The normalized spacial score (nSPS) is 10.8. The van der Waals surface area contributed by atoms with E-state index in [0.717, 1.165) is 4.47 Å². The van der Waals surface area contributed by atoms with E-state index >= 15 is 0 Å². The minimum atomic E-state index is -0.849. The Balaban J connectivity index is 2.10. The first-order valence-corrected chi connectivity index (χ1v) is 8.60. The average molecular weight is 421 g/mol. The summed E-state index contributed by atoms with van der Waals surface area (Å²) in [7, 11) is 0. The van der Waals surface area contributed by atoms with Crippen LogP contribution in [0.4, 0.5) is 15.8 Å². The van der Waals surface area contributed by atoms with Gasteiger partial charge in [0, 0.05) is 27.5 Å². The van der Waals surface area contributed by atoms with Gasteiger partial charge in [0.15, 0.2) is 0 Å². The number of hydrogen-bond acceptors (Lipinski definition) is 4. The number of halogens is 2. The Kier molecular flexibility index (Phi) is 6.85. The summed E-state index contributed by atoms with van der Waals surface area (Å²) < 4.78 is 13.8. The molecular formula is C18H18BrFN4O2. The van der Waals surface area contributed by atoms with Gasteiger partial charge in [-0.15, -0.1) is 0 Å². The van der Waals surface area contributed by atoms with Crippen LogP contribution < -0.4 is 16.1 Å². The van der Waals surface area contributed by atoms with Crippen LogP contribution >= 0.6 is 15.9 Å². The second-order valence-corrected chi connectivity index (χ2v) is 6.61. The fourth-order valence-corrected chi connectivity index (χ4v) is 2.36. The molecule has 8 heteroatoms. The van der Waals surface area contributed by atoms with Gasteiger partial charge in [0.25, 0.3) is 0 Å². The zero-order chi connectivity index (χ0) is 19.1. The van der Waals surface area contributed by atoms with E-state index in [1.807, 2.05) is 12.1 Å². The second kappa shape index (κ2) is 9.10. The van der Waals surface area contributed by atoms with E-state index in [4.69, 9.17) is 0 Å². The Hall–Kier alpha value is -2.74. The molecule has 26 heavy (non-hydrogen) atoms. The summed E-state index contributed by atoms with van der Waals surface area (Å²) in [5.41, 5.74) is 4.24. The molecule has 2 rings (SSSR count). The number of carbonyl (C=O) groups is 2. The van der Waals surface area contributed by atoms with E-state index in [-0.39, 0.29) is 11.9 Å². The SMILES string of the molecule is CC(C)NC(=O)C(=O)N/N=C\c1cc(Br)ccc1Nc1ccc(F)cc1. The van der Waals surface area contributed by atoms with Crippen LogP contribution in [0.15, 0.2) is 52.0 Å². The summed E-state index contributed by atoms with van der Waals surface area (Å²) >= 11 is 3.37. The Morgan fingerprint density at radius 3 is 2.46 bits per heavy atom. The van der Waals surface area contributed by atoms with Crippen molar-refractivity contribution < 1.29 is 14.0 Å². The van der Waals surface area contributed by atoms with Gasteiger partial charge in [-0.3, -0.25) is 9.59 Å². The summed E-state index contributed by atoms with van der Waals surface area (Å²) in [6, 6.07) is 11.2. The van der Waals surface area contributed by atoms with Crippen LogP contribution in [0, 0.1) is 5.82 Å². The molecule has 0 fully saturated rings. The molecule has 0 spiro atoms. The van der Waals surface area contributed by atoms with Gasteiger partial charge in [-0.05, 0) is 56.3 Å². The van der Waals surface area contributed by atoms with E-state index in [2.05, 4.69) is 37.1 Å². The standard InChI is InChI=1S/C18H18BrFN4O2/c1-11(2)22-17(25)18(26)24-21-10-12-9-13(19)3-8-16(12)23-15-6-4-14(20)5-7-15/h3-11,23H,1-2H3,(H,22,25)(H,24,26)/b21-10-. The van der Waals surface area contributed by atoms with E-state index in [1.54, 1.807) is 32.0 Å². The molecule has 0 bridgehead atoms.